The van der Waals surface area contributed by atoms with E-state index in [1.54, 1.807) is 22.9 Å². The van der Waals surface area contributed by atoms with E-state index in [0.29, 0.717) is 11.5 Å². The second kappa shape index (κ2) is 2.41. The summed E-state index contributed by atoms with van der Waals surface area (Å²) in [5, 5.41) is 0. The Morgan fingerprint density at radius 2 is 2.33 bits per heavy atom. The largest absolute Gasteiger partial charge is 0.293 e. The molecule has 0 aromatic carbocycles. The van der Waals surface area contributed by atoms with Crippen LogP contribution >= 0.6 is 0 Å². The first kappa shape index (κ1) is 6.97. The SMILES string of the molecule is CC(=O)c1cnc2ncccn12. The first-order valence-electron chi connectivity index (χ1n) is 3.58. The highest BCUT2D eigenvalue weighted by Gasteiger charge is 2.05. The second-order valence-corrected chi connectivity index (χ2v) is 2.49. The van der Waals surface area contributed by atoms with Gasteiger partial charge in [0, 0.05) is 19.3 Å². The molecule has 2 aromatic rings. The maximum absolute atomic E-state index is 11.0. The molecule has 0 bridgehead atoms. The van der Waals surface area contributed by atoms with Crippen molar-refractivity contribution < 1.29 is 4.79 Å². The van der Waals surface area contributed by atoms with Gasteiger partial charge in [-0.1, -0.05) is 0 Å². The summed E-state index contributed by atoms with van der Waals surface area (Å²) in [5.74, 6) is 0.554. The van der Waals surface area contributed by atoms with Crippen molar-refractivity contribution in [1.82, 2.24) is 14.4 Å². The van der Waals surface area contributed by atoms with E-state index < -0.39 is 0 Å². The van der Waals surface area contributed by atoms with Crippen LogP contribution in [0.3, 0.4) is 0 Å². The summed E-state index contributed by atoms with van der Waals surface area (Å²) in [5.41, 5.74) is 0.568. The van der Waals surface area contributed by atoms with Crippen molar-refractivity contribution in [2.45, 2.75) is 6.92 Å². The van der Waals surface area contributed by atoms with Crippen molar-refractivity contribution in [3.8, 4) is 0 Å². The van der Waals surface area contributed by atoms with E-state index >= 15 is 0 Å². The number of rotatable bonds is 1. The Bertz CT molecular complexity index is 433. The number of Topliss-reactive ketones (excluding diaryl/α,β-unsaturated/α-hetero) is 1. The molecule has 2 aromatic heterocycles. The molecule has 4 nitrogen and oxygen atoms in total. The zero-order chi connectivity index (χ0) is 8.55. The van der Waals surface area contributed by atoms with Crippen LogP contribution in [0.2, 0.25) is 0 Å². The van der Waals surface area contributed by atoms with Crippen LogP contribution < -0.4 is 0 Å². The number of ketones is 1. The molecule has 0 aliphatic heterocycles. The first-order valence-corrected chi connectivity index (χ1v) is 3.58. The van der Waals surface area contributed by atoms with Crippen LogP contribution in [0.4, 0.5) is 0 Å². The molecule has 0 aliphatic rings. The van der Waals surface area contributed by atoms with Crippen LogP contribution in [0.25, 0.3) is 5.78 Å². The third-order valence-corrected chi connectivity index (χ3v) is 1.65. The summed E-state index contributed by atoms with van der Waals surface area (Å²) in [6, 6.07) is 1.76. The van der Waals surface area contributed by atoms with Crippen LogP contribution in [0, 0.1) is 0 Å². The molecular weight excluding hydrogens is 154 g/mol. The number of aromatic nitrogens is 3. The average molecular weight is 161 g/mol. The van der Waals surface area contributed by atoms with E-state index in [2.05, 4.69) is 9.97 Å². The standard InChI is InChI=1S/C8H7N3O/c1-6(12)7-5-10-8-9-3-2-4-11(7)8/h2-5H,1H3. The normalized spacial score (nSPS) is 10.4. The Hall–Kier alpha value is -1.71. The number of imidazole rings is 1. The number of hydrogen-bond donors (Lipinski definition) is 0. The van der Waals surface area contributed by atoms with Gasteiger partial charge in [-0.15, -0.1) is 0 Å². The summed E-state index contributed by atoms with van der Waals surface area (Å²) in [4.78, 5) is 19.0. The summed E-state index contributed by atoms with van der Waals surface area (Å²) in [7, 11) is 0. The predicted octanol–water partition coefficient (Wildman–Crippen LogP) is 0.932. The second-order valence-electron chi connectivity index (χ2n) is 2.49. The lowest BCUT2D eigenvalue weighted by molar-refractivity contribution is 0.101. The van der Waals surface area contributed by atoms with E-state index in [1.165, 1.54) is 13.1 Å². The smallest absolute Gasteiger partial charge is 0.234 e. The summed E-state index contributed by atoms with van der Waals surface area (Å²) in [6.45, 7) is 1.51. The maximum atomic E-state index is 11.0. The van der Waals surface area contributed by atoms with Gasteiger partial charge in [0.15, 0.2) is 5.78 Å². The molecule has 0 unspecified atom stereocenters. The van der Waals surface area contributed by atoms with Crippen molar-refractivity contribution >= 4 is 11.6 Å². The minimum atomic E-state index is -0.00417. The van der Waals surface area contributed by atoms with Gasteiger partial charge < -0.3 is 0 Å². The summed E-state index contributed by atoms with van der Waals surface area (Å²) < 4.78 is 1.67. The number of carbonyl (C=O) groups excluding carboxylic acids is 1. The molecule has 0 saturated heterocycles. The molecule has 0 aliphatic carbocycles. The number of carbonyl (C=O) groups is 1. The van der Waals surface area contributed by atoms with Crippen molar-refractivity contribution in [2.75, 3.05) is 0 Å². The first-order chi connectivity index (χ1) is 5.79. The lowest BCUT2D eigenvalue weighted by Crippen LogP contribution is -1.98. The Balaban J connectivity index is 2.79. The van der Waals surface area contributed by atoms with Gasteiger partial charge in [-0.25, -0.2) is 9.97 Å². The minimum absolute atomic E-state index is 0.00417. The number of fused-ring (bicyclic) bond motifs is 1. The summed E-state index contributed by atoms with van der Waals surface area (Å²) >= 11 is 0. The zero-order valence-corrected chi connectivity index (χ0v) is 6.56. The molecule has 0 N–H and O–H groups in total. The fourth-order valence-corrected chi connectivity index (χ4v) is 1.09. The molecule has 4 heteroatoms. The Morgan fingerprint density at radius 3 is 3.08 bits per heavy atom. The molecule has 0 fully saturated rings. The maximum Gasteiger partial charge on any atom is 0.234 e. The van der Waals surface area contributed by atoms with Gasteiger partial charge in [-0.3, -0.25) is 9.20 Å². The van der Waals surface area contributed by atoms with Crippen molar-refractivity contribution in [3.05, 3.63) is 30.4 Å². The lowest BCUT2D eigenvalue weighted by Gasteiger charge is -1.93. The van der Waals surface area contributed by atoms with Crippen LogP contribution in [0.1, 0.15) is 17.4 Å². The van der Waals surface area contributed by atoms with Gasteiger partial charge in [0.05, 0.1) is 6.20 Å². The fourth-order valence-electron chi connectivity index (χ4n) is 1.09. The van der Waals surface area contributed by atoms with Crippen LogP contribution in [0.5, 0.6) is 0 Å². The number of hydrogen-bond acceptors (Lipinski definition) is 3. The van der Waals surface area contributed by atoms with Crippen molar-refractivity contribution in [3.63, 3.8) is 0 Å². The molecular formula is C8H7N3O. The minimum Gasteiger partial charge on any atom is -0.293 e. The third kappa shape index (κ3) is 0.887. The van der Waals surface area contributed by atoms with E-state index in [9.17, 15) is 4.79 Å². The Kier molecular flexibility index (Phi) is 1.40. The predicted molar refractivity (Wildman–Crippen MR) is 43.0 cm³/mol. The highest BCUT2D eigenvalue weighted by molar-refractivity contribution is 5.92. The summed E-state index contributed by atoms with van der Waals surface area (Å²) in [6.07, 6.45) is 4.95. The van der Waals surface area contributed by atoms with Gasteiger partial charge in [-0.05, 0) is 6.07 Å². The van der Waals surface area contributed by atoms with E-state index in [0.717, 1.165) is 0 Å². The average Bonchev–Trinajstić information content (AvgIpc) is 2.47. The molecule has 0 atom stereocenters. The quantitative estimate of drug-likeness (QED) is 0.584. The van der Waals surface area contributed by atoms with Gasteiger partial charge in [0.1, 0.15) is 5.69 Å². The topological polar surface area (TPSA) is 47.3 Å². The van der Waals surface area contributed by atoms with E-state index in [4.69, 9.17) is 0 Å². The van der Waals surface area contributed by atoms with Crippen molar-refractivity contribution in [1.29, 1.82) is 0 Å². The van der Waals surface area contributed by atoms with Crippen LogP contribution in [-0.2, 0) is 0 Å². The Labute approximate surface area is 68.9 Å². The highest BCUT2D eigenvalue weighted by Crippen LogP contribution is 2.03. The van der Waals surface area contributed by atoms with E-state index in [1.807, 2.05) is 0 Å². The third-order valence-electron chi connectivity index (χ3n) is 1.65. The molecule has 0 radical (unpaired) electrons. The fraction of sp³-hybridized carbons (Fsp3) is 0.125. The van der Waals surface area contributed by atoms with Crippen molar-refractivity contribution in [2.24, 2.45) is 0 Å². The van der Waals surface area contributed by atoms with Gasteiger partial charge >= 0.3 is 0 Å². The Morgan fingerprint density at radius 1 is 1.50 bits per heavy atom. The molecule has 2 heterocycles. The van der Waals surface area contributed by atoms with Gasteiger partial charge in [0.2, 0.25) is 5.78 Å². The van der Waals surface area contributed by atoms with Crippen LogP contribution in [0.15, 0.2) is 24.7 Å². The molecule has 2 rings (SSSR count). The van der Waals surface area contributed by atoms with Gasteiger partial charge in [-0.2, -0.15) is 0 Å². The monoisotopic (exact) mass is 161 g/mol. The highest BCUT2D eigenvalue weighted by atomic mass is 16.1. The lowest BCUT2D eigenvalue weighted by atomic mass is 10.3. The molecule has 12 heavy (non-hydrogen) atoms. The zero-order valence-electron chi connectivity index (χ0n) is 6.56. The van der Waals surface area contributed by atoms with E-state index in [-0.39, 0.29) is 5.78 Å². The molecule has 60 valence electrons. The molecule has 0 spiro atoms. The number of nitrogens with zero attached hydrogens (tertiary/aromatic N) is 3. The molecule has 0 amide bonds. The van der Waals surface area contributed by atoms with Crippen LogP contribution in [-0.4, -0.2) is 20.2 Å². The van der Waals surface area contributed by atoms with Gasteiger partial charge in [0.25, 0.3) is 0 Å². The molecule has 0 saturated carbocycles.